The first-order chi connectivity index (χ1) is 14.6. The Morgan fingerprint density at radius 3 is 2.55 bits per heavy atom. The van der Waals surface area contributed by atoms with Gasteiger partial charge in [0.15, 0.2) is 15.0 Å². The van der Waals surface area contributed by atoms with Crippen molar-refractivity contribution in [3.63, 3.8) is 0 Å². The number of nitrogens with one attached hydrogen (secondary N) is 1. The third-order valence-electron chi connectivity index (χ3n) is 4.71. The van der Waals surface area contributed by atoms with E-state index in [1.807, 2.05) is 20.8 Å². The first-order valence-electron chi connectivity index (χ1n) is 9.23. The summed E-state index contributed by atoms with van der Waals surface area (Å²) in [5.74, 6) is -0.220. The second-order valence-electron chi connectivity index (χ2n) is 6.97. The van der Waals surface area contributed by atoms with E-state index in [9.17, 15) is 18.5 Å². The van der Waals surface area contributed by atoms with Crippen molar-refractivity contribution < 1.29 is 13.2 Å². The molecule has 31 heavy (non-hydrogen) atoms. The number of aromatic nitrogens is 3. The molecule has 1 N–H and O–H groups in total. The molecule has 0 saturated heterocycles. The number of amides is 1. The van der Waals surface area contributed by atoms with Gasteiger partial charge in [0.1, 0.15) is 22.6 Å². The maximum absolute atomic E-state index is 12.7. The largest absolute Gasteiger partial charge is 0.316 e. The molecule has 162 valence electrons. The Morgan fingerprint density at radius 2 is 1.90 bits per heavy atom. The minimum Gasteiger partial charge on any atom is -0.316 e. The number of hydrogen-bond acceptors (Lipinski definition) is 8. The maximum atomic E-state index is 12.7. The van der Waals surface area contributed by atoms with Crippen molar-refractivity contribution in [2.24, 2.45) is 7.05 Å². The van der Waals surface area contributed by atoms with Crippen molar-refractivity contribution >= 4 is 43.8 Å². The topological polar surface area (TPSA) is 118 Å². The van der Waals surface area contributed by atoms with Crippen molar-refractivity contribution in [2.45, 2.75) is 36.6 Å². The summed E-state index contributed by atoms with van der Waals surface area (Å²) < 4.78 is 26.9. The predicted molar refractivity (Wildman–Crippen MR) is 121 cm³/mol. The fraction of sp³-hybridized carbons (Fsp3) is 0.300. The molecule has 8 nitrogen and oxygen atoms in total. The number of sulfone groups is 1. The molecule has 2 heterocycles. The highest BCUT2D eigenvalue weighted by atomic mass is 32.2. The molecule has 0 unspecified atom stereocenters. The monoisotopic (exact) mass is 475 g/mol. The highest BCUT2D eigenvalue weighted by Crippen LogP contribution is 2.32. The molecule has 0 aliphatic carbocycles. The van der Waals surface area contributed by atoms with Gasteiger partial charge < -0.3 is 9.88 Å². The third-order valence-corrected chi connectivity index (χ3v) is 8.48. The van der Waals surface area contributed by atoms with Crippen LogP contribution < -0.4 is 5.32 Å². The Balaban J connectivity index is 1.65. The summed E-state index contributed by atoms with van der Waals surface area (Å²) in [5, 5.41) is 21.0. The van der Waals surface area contributed by atoms with E-state index < -0.39 is 9.84 Å². The Hall–Kier alpha value is -2.68. The molecule has 0 radical (unpaired) electrons. The average molecular weight is 476 g/mol. The molecular formula is C20H21N5O3S3. The van der Waals surface area contributed by atoms with Gasteiger partial charge in [0.05, 0.1) is 16.2 Å². The lowest BCUT2D eigenvalue weighted by Gasteiger charge is -2.06. The number of aryl methyl sites for hydroxylation is 2. The highest BCUT2D eigenvalue weighted by Gasteiger charge is 2.21. The fourth-order valence-electron chi connectivity index (χ4n) is 2.74. The van der Waals surface area contributed by atoms with Crippen LogP contribution in [0.15, 0.2) is 34.3 Å². The van der Waals surface area contributed by atoms with Crippen LogP contribution in [0.1, 0.15) is 27.4 Å². The van der Waals surface area contributed by atoms with Crippen LogP contribution in [0, 0.1) is 32.1 Å². The van der Waals surface area contributed by atoms with Crippen LogP contribution >= 0.6 is 23.1 Å². The van der Waals surface area contributed by atoms with Gasteiger partial charge in [-0.1, -0.05) is 29.5 Å². The highest BCUT2D eigenvalue weighted by molar-refractivity contribution is 7.99. The molecule has 1 amide bonds. The Kier molecular flexibility index (Phi) is 6.83. The number of nitrogens with zero attached hydrogens (tertiary/aromatic N) is 4. The normalized spacial score (nSPS) is 11.3. The second-order valence-corrected chi connectivity index (χ2v) is 11.1. The lowest BCUT2D eigenvalue weighted by atomic mass is 10.2. The van der Waals surface area contributed by atoms with Gasteiger partial charge in [-0.15, -0.1) is 21.5 Å². The van der Waals surface area contributed by atoms with Crippen LogP contribution in [0.3, 0.4) is 0 Å². The number of carbonyl (C=O) groups excluding carboxylic acids is 1. The Morgan fingerprint density at radius 1 is 1.23 bits per heavy atom. The summed E-state index contributed by atoms with van der Waals surface area (Å²) in [4.78, 5) is 13.6. The Bertz CT molecular complexity index is 1270. The zero-order valence-corrected chi connectivity index (χ0v) is 19.9. The fourth-order valence-corrected chi connectivity index (χ4v) is 5.80. The van der Waals surface area contributed by atoms with Crippen LogP contribution in [-0.4, -0.2) is 34.8 Å². The van der Waals surface area contributed by atoms with Gasteiger partial charge in [0.25, 0.3) is 0 Å². The first kappa shape index (κ1) is 23.0. The third kappa shape index (κ3) is 5.15. The number of thioether (sulfide) groups is 1. The number of benzene rings is 1. The molecule has 1 aromatic carbocycles. The minimum absolute atomic E-state index is 0.0531. The molecule has 0 fully saturated rings. The van der Waals surface area contributed by atoms with Crippen molar-refractivity contribution in [3.05, 3.63) is 51.7 Å². The molecular weight excluding hydrogens is 454 g/mol. The van der Waals surface area contributed by atoms with E-state index in [2.05, 4.69) is 21.6 Å². The van der Waals surface area contributed by atoms with E-state index in [-0.39, 0.29) is 22.3 Å². The van der Waals surface area contributed by atoms with Gasteiger partial charge in [0, 0.05) is 11.9 Å². The quantitative estimate of drug-likeness (QED) is 0.521. The molecule has 3 aromatic rings. The summed E-state index contributed by atoms with van der Waals surface area (Å²) in [6.45, 7) is 5.64. The van der Waals surface area contributed by atoms with Crippen molar-refractivity contribution in [3.8, 4) is 6.07 Å². The van der Waals surface area contributed by atoms with Crippen LogP contribution in [0.2, 0.25) is 0 Å². The predicted octanol–water partition coefficient (Wildman–Crippen LogP) is 3.38. The van der Waals surface area contributed by atoms with Crippen LogP contribution in [0.25, 0.3) is 0 Å². The second kappa shape index (κ2) is 9.21. The smallest absolute Gasteiger partial charge is 0.235 e. The van der Waals surface area contributed by atoms with Crippen molar-refractivity contribution in [2.75, 3.05) is 11.1 Å². The van der Waals surface area contributed by atoms with Gasteiger partial charge in [-0.2, -0.15) is 5.26 Å². The Labute approximate surface area is 189 Å². The number of hydrogen-bond donors (Lipinski definition) is 1. The molecule has 0 saturated carbocycles. The van der Waals surface area contributed by atoms with Gasteiger partial charge in [-0.05, 0) is 38.5 Å². The standard InChI is InChI=1S/C20H21N5O3S3/c1-12-5-7-15(8-6-12)31(27,28)11-17-23-24-20(25(17)4)29-10-18(26)22-19-16(9-21)13(2)14(3)30-19/h5-8H,10-11H2,1-4H3,(H,22,26). The lowest BCUT2D eigenvalue weighted by Crippen LogP contribution is -2.14. The van der Waals surface area contributed by atoms with Gasteiger partial charge in [0.2, 0.25) is 5.91 Å². The first-order valence-corrected chi connectivity index (χ1v) is 12.7. The van der Waals surface area contributed by atoms with Crippen molar-refractivity contribution in [1.82, 2.24) is 14.8 Å². The summed E-state index contributed by atoms with van der Waals surface area (Å²) in [7, 11) is -1.90. The summed E-state index contributed by atoms with van der Waals surface area (Å²) in [6, 6.07) is 8.76. The zero-order chi connectivity index (χ0) is 22.8. The van der Waals surface area contributed by atoms with E-state index in [0.717, 1.165) is 27.8 Å². The van der Waals surface area contributed by atoms with Gasteiger partial charge in [-0.3, -0.25) is 4.79 Å². The SMILES string of the molecule is Cc1ccc(S(=O)(=O)Cc2nnc(SCC(=O)Nc3sc(C)c(C)c3C#N)n2C)cc1. The van der Waals surface area contributed by atoms with E-state index in [1.165, 1.54) is 11.3 Å². The molecule has 0 atom stereocenters. The van der Waals surface area contributed by atoms with E-state index >= 15 is 0 Å². The maximum Gasteiger partial charge on any atom is 0.235 e. The molecule has 11 heteroatoms. The number of nitriles is 1. The number of carbonyl (C=O) groups is 1. The minimum atomic E-state index is -3.56. The van der Waals surface area contributed by atoms with E-state index in [1.54, 1.807) is 35.9 Å². The molecule has 0 spiro atoms. The molecule has 0 aliphatic rings. The molecule has 2 aromatic heterocycles. The number of rotatable bonds is 7. The van der Waals surface area contributed by atoms with Crippen molar-refractivity contribution in [1.29, 1.82) is 5.26 Å². The number of thiophene rings is 1. The molecule has 0 bridgehead atoms. The van der Waals surface area contributed by atoms with E-state index in [0.29, 0.717) is 21.5 Å². The lowest BCUT2D eigenvalue weighted by molar-refractivity contribution is -0.113. The van der Waals surface area contributed by atoms with Crippen LogP contribution in [0.5, 0.6) is 0 Å². The molecule has 0 aliphatic heterocycles. The van der Waals surface area contributed by atoms with E-state index in [4.69, 9.17) is 0 Å². The average Bonchev–Trinajstić information content (AvgIpc) is 3.19. The van der Waals surface area contributed by atoms with Crippen LogP contribution in [0.4, 0.5) is 5.00 Å². The van der Waals surface area contributed by atoms with Gasteiger partial charge >= 0.3 is 0 Å². The summed E-state index contributed by atoms with van der Waals surface area (Å²) in [5.41, 5.74) is 2.32. The summed E-state index contributed by atoms with van der Waals surface area (Å²) in [6.07, 6.45) is 0. The number of anilines is 1. The van der Waals surface area contributed by atoms with Gasteiger partial charge in [-0.25, -0.2) is 8.42 Å². The van der Waals surface area contributed by atoms with Crippen LogP contribution in [-0.2, 0) is 27.4 Å². The summed E-state index contributed by atoms with van der Waals surface area (Å²) >= 11 is 2.51. The molecule has 3 rings (SSSR count). The zero-order valence-electron chi connectivity index (χ0n) is 17.5.